The van der Waals surface area contributed by atoms with Gasteiger partial charge in [-0.2, -0.15) is 0 Å². The van der Waals surface area contributed by atoms with Gasteiger partial charge in [0.1, 0.15) is 5.82 Å². The van der Waals surface area contributed by atoms with E-state index in [0.29, 0.717) is 0 Å². The van der Waals surface area contributed by atoms with Crippen molar-refractivity contribution >= 4 is 5.69 Å². The van der Waals surface area contributed by atoms with Gasteiger partial charge in [-0.15, -0.1) is 0 Å². The van der Waals surface area contributed by atoms with Crippen LogP contribution in [0.2, 0.25) is 0 Å². The molecule has 1 aromatic rings. The topological polar surface area (TPSA) is 40.4 Å². The van der Waals surface area contributed by atoms with E-state index in [0.717, 1.165) is 36.8 Å². The molecule has 4 heteroatoms. The molecular formula is C18H29N3O. The van der Waals surface area contributed by atoms with Crippen LogP contribution >= 0.6 is 0 Å². The summed E-state index contributed by atoms with van der Waals surface area (Å²) in [6, 6.07) is 0. The normalized spacial score (nSPS) is 18.5. The molecule has 0 aromatic carbocycles. The van der Waals surface area contributed by atoms with E-state index < -0.39 is 0 Å². The number of nitrogens with zero attached hydrogens (tertiary/aromatic N) is 2. The molecule has 1 aromatic heterocycles. The fraction of sp³-hybridized carbons (Fsp3) is 0.667. The summed E-state index contributed by atoms with van der Waals surface area (Å²) in [7, 11) is 2.09. The summed E-state index contributed by atoms with van der Waals surface area (Å²) in [5, 5.41) is 13.5. The lowest BCUT2D eigenvalue weighted by molar-refractivity contribution is 0.281. The largest absolute Gasteiger partial charge is 0.392 e. The Balaban J connectivity index is 1.85. The molecule has 0 radical (unpaired) electrons. The van der Waals surface area contributed by atoms with Crippen LogP contribution in [0, 0.1) is 12.8 Å². The predicted molar refractivity (Wildman–Crippen MR) is 90.8 cm³/mol. The molecule has 0 unspecified atom stereocenters. The molecule has 1 saturated carbocycles. The maximum absolute atomic E-state index is 9.86. The van der Waals surface area contributed by atoms with Crippen molar-refractivity contribution in [2.75, 3.05) is 25.0 Å². The van der Waals surface area contributed by atoms with E-state index in [1.165, 1.54) is 42.6 Å². The van der Waals surface area contributed by atoms with E-state index in [2.05, 4.69) is 41.9 Å². The average molecular weight is 303 g/mol. The first kappa shape index (κ1) is 15.5. The number of hydrogen-bond acceptors (Lipinski definition) is 3. The Hall–Kier alpha value is -1.42. The van der Waals surface area contributed by atoms with Gasteiger partial charge in [0.15, 0.2) is 0 Å². The fourth-order valence-corrected chi connectivity index (χ4v) is 4.03. The monoisotopic (exact) mass is 303 g/mol. The van der Waals surface area contributed by atoms with E-state index in [1.54, 1.807) is 0 Å². The van der Waals surface area contributed by atoms with Crippen LogP contribution in [0.25, 0.3) is 0 Å². The summed E-state index contributed by atoms with van der Waals surface area (Å²) < 4.78 is 2.18. The van der Waals surface area contributed by atoms with E-state index in [9.17, 15) is 5.11 Å². The Morgan fingerprint density at radius 3 is 2.73 bits per heavy atom. The second-order valence-corrected chi connectivity index (χ2v) is 6.85. The molecule has 0 bridgehead atoms. The first-order valence-electron chi connectivity index (χ1n) is 8.63. The van der Waals surface area contributed by atoms with Gasteiger partial charge in [0, 0.05) is 44.0 Å². The zero-order valence-corrected chi connectivity index (χ0v) is 14.2. The quantitative estimate of drug-likeness (QED) is 0.878. The zero-order chi connectivity index (χ0) is 15.7. The van der Waals surface area contributed by atoms with Crippen LogP contribution in [-0.4, -0.2) is 34.3 Å². The second-order valence-electron chi connectivity index (χ2n) is 6.85. The fourth-order valence-electron chi connectivity index (χ4n) is 4.03. The molecule has 122 valence electrons. The van der Waals surface area contributed by atoms with Gasteiger partial charge < -0.3 is 19.9 Å². The Morgan fingerprint density at radius 1 is 1.36 bits per heavy atom. The SMILES string of the molecule is CCN(CC1CCCC1)C1=C(CO)Cc2c(c(C)cn2C)N1. The van der Waals surface area contributed by atoms with E-state index in [-0.39, 0.29) is 6.61 Å². The molecule has 2 heterocycles. The number of anilines is 1. The first-order valence-corrected chi connectivity index (χ1v) is 8.63. The highest BCUT2D eigenvalue weighted by Gasteiger charge is 2.26. The average Bonchev–Trinajstić information content (AvgIpc) is 3.12. The molecule has 2 aliphatic rings. The van der Waals surface area contributed by atoms with Gasteiger partial charge >= 0.3 is 0 Å². The number of hydrogen-bond donors (Lipinski definition) is 2. The van der Waals surface area contributed by atoms with E-state index in [4.69, 9.17) is 0 Å². The van der Waals surface area contributed by atoms with Crippen molar-refractivity contribution in [1.82, 2.24) is 9.47 Å². The summed E-state index contributed by atoms with van der Waals surface area (Å²) >= 11 is 0. The van der Waals surface area contributed by atoms with Crippen molar-refractivity contribution in [2.24, 2.45) is 13.0 Å². The Morgan fingerprint density at radius 2 is 2.09 bits per heavy atom. The Labute approximate surface area is 133 Å². The molecule has 4 nitrogen and oxygen atoms in total. The maximum atomic E-state index is 9.86. The lowest BCUT2D eigenvalue weighted by Gasteiger charge is -2.34. The molecule has 1 fully saturated rings. The third kappa shape index (κ3) is 2.76. The number of aliphatic hydroxyl groups is 1. The Kier molecular flexibility index (Phi) is 4.48. The second kappa shape index (κ2) is 6.37. The maximum Gasteiger partial charge on any atom is 0.108 e. The summed E-state index contributed by atoms with van der Waals surface area (Å²) in [6.07, 6.45) is 8.48. The van der Waals surface area contributed by atoms with Crippen molar-refractivity contribution in [2.45, 2.75) is 46.0 Å². The van der Waals surface area contributed by atoms with E-state index >= 15 is 0 Å². The number of aryl methyl sites for hydroxylation is 2. The Bertz CT molecular complexity index is 567. The molecule has 1 aliphatic carbocycles. The highest BCUT2D eigenvalue weighted by molar-refractivity contribution is 5.63. The van der Waals surface area contributed by atoms with Gasteiger partial charge in [-0.1, -0.05) is 12.8 Å². The molecule has 3 rings (SSSR count). The highest BCUT2D eigenvalue weighted by Crippen LogP contribution is 2.34. The summed E-state index contributed by atoms with van der Waals surface area (Å²) in [5.41, 5.74) is 4.92. The predicted octanol–water partition coefficient (Wildman–Crippen LogP) is 3.02. The highest BCUT2D eigenvalue weighted by atomic mass is 16.3. The number of fused-ring (bicyclic) bond motifs is 1. The summed E-state index contributed by atoms with van der Waals surface area (Å²) in [4.78, 5) is 2.44. The minimum absolute atomic E-state index is 0.132. The zero-order valence-electron chi connectivity index (χ0n) is 14.2. The lowest BCUT2D eigenvalue weighted by atomic mass is 10.0. The van der Waals surface area contributed by atoms with Crippen LogP contribution in [0.5, 0.6) is 0 Å². The number of aromatic nitrogens is 1. The minimum atomic E-state index is 0.132. The number of aliphatic hydroxyl groups excluding tert-OH is 1. The van der Waals surface area contributed by atoms with Gasteiger partial charge in [0.2, 0.25) is 0 Å². The molecule has 2 N–H and O–H groups in total. The molecular weight excluding hydrogens is 274 g/mol. The van der Waals surface area contributed by atoms with Gasteiger partial charge in [0.05, 0.1) is 12.3 Å². The molecule has 0 spiro atoms. The van der Waals surface area contributed by atoms with Gasteiger partial charge in [-0.25, -0.2) is 0 Å². The molecule has 0 atom stereocenters. The van der Waals surface area contributed by atoms with Crippen LogP contribution in [0.15, 0.2) is 17.6 Å². The van der Waals surface area contributed by atoms with Gasteiger partial charge in [-0.3, -0.25) is 0 Å². The van der Waals surface area contributed by atoms with Crippen LogP contribution in [-0.2, 0) is 13.5 Å². The van der Waals surface area contributed by atoms with Crippen molar-refractivity contribution in [1.29, 1.82) is 0 Å². The van der Waals surface area contributed by atoms with Crippen LogP contribution in [0.4, 0.5) is 5.69 Å². The molecule has 22 heavy (non-hydrogen) atoms. The minimum Gasteiger partial charge on any atom is -0.392 e. The molecule has 0 saturated heterocycles. The van der Waals surface area contributed by atoms with Crippen LogP contribution in [0.3, 0.4) is 0 Å². The lowest BCUT2D eigenvalue weighted by Crippen LogP contribution is -2.35. The van der Waals surface area contributed by atoms with Crippen molar-refractivity contribution < 1.29 is 5.11 Å². The van der Waals surface area contributed by atoms with Crippen molar-refractivity contribution in [3.05, 3.63) is 28.8 Å². The standard InChI is InChI=1S/C18H29N3O/c1-4-21(11-14-7-5-6-8-14)18-15(12-22)9-16-17(19-18)13(2)10-20(16)3/h10,14,19,22H,4-9,11-12H2,1-3H3. The molecule has 0 amide bonds. The van der Waals surface area contributed by atoms with Gasteiger partial charge in [-0.05, 0) is 38.2 Å². The third-order valence-electron chi connectivity index (χ3n) is 5.30. The first-order chi connectivity index (χ1) is 10.6. The van der Waals surface area contributed by atoms with E-state index in [1.807, 2.05) is 0 Å². The van der Waals surface area contributed by atoms with Crippen molar-refractivity contribution in [3.63, 3.8) is 0 Å². The van der Waals surface area contributed by atoms with Crippen molar-refractivity contribution in [3.8, 4) is 0 Å². The summed E-state index contributed by atoms with van der Waals surface area (Å²) in [6.45, 7) is 6.60. The number of nitrogens with one attached hydrogen (secondary N) is 1. The number of rotatable bonds is 5. The third-order valence-corrected chi connectivity index (χ3v) is 5.30. The summed E-state index contributed by atoms with van der Waals surface area (Å²) in [5.74, 6) is 1.96. The van der Waals surface area contributed by atoms with Crippen LogP contribution in [0.1, 0.15) is 43.9 Å². The molecule has 1 aliphatic heterocycles. The van der Waals surface area contributed by atoms with Gasteiger partial charge in [0.25, 0.3) is 0 Å². The smallest absolute Gasteiger partial charge is 0.108 e. The van der Waals surface area contributed by atoms with Crippen LogP contribution < -0.4 is 5.32 Å².